The average molecular weight is 334 g/mol. The normalized spacial score (nSPS) is 10.9. The first-order chi connectivity index (χ1) is 12.1. The van der Waals surface area contributed by atoms with Crippen LogP contribution in [0.15, 0.2) is 60.8 Å². The minimum absolute atomic E-state index is 0.0338. The van der Waals surface area contributed by atoms with Crippen molar-refractivity contribution in [1.29, 1.82) is 0 Å². The molecule has 0 fully saturated rings. The van der Waals surface area contributed by atoms with Crippen LogP contribution in [-0.2, 0) is 6.61 Å². The van der Waals surface area contributed by atoms with Crippen LogP contribution >= 0.6 is 0 Å². The van der Waals surface area contributed by atoms with E-state index in [0.29, 0.717) is 12.2 Å². The Kier molecular flexibility index (Phi) is 4.98. The highest BCUT2D eigenvalue weighted by Crippen LogP contribution is 2.33. The van der Waals surface area contributed by atoms with Crippen molar-refractivity contribution in [3.63, 3.8) is 0 Å². The van der Waals surface area contributed by atoms with Crippen LogP contribution in [-0.4, -0.2) is 15.6 Å². The molecule has 0 radical (unpaired) electrons. The lowest BCUT2D eigenvalue weighted by molar-refractivity contribution is 0.101. The van der Waals surface area contributed by atoms with Crippen molar-refractivity contribution in [2.24, 2.45) is 0 Å². The second kappa shape index (κ2) is 7.34. The topological polar surface area (TPSA) is 44.1 Å². The fraction of sp³-hybridized carbons (Fsp3) is 0.238. The first-order valence-electron chi connectivity index (χ1n) is 8.42. The molecule has 1 aromatic heterocycles. The molecule has 1 heterocycles. The van der Waals surface area contributed by atoms with Gasteiger partial charge in [0.05, 0.1) is 5.69 Å². The highest BCUT2D eigenvalue weighted by atomic mass is 16.5. The summed E-state index contributed by atoms with van der Waals surface area (Å²) in [6, 6.07) is 17.8. The molecule has 3 aromatic rings. The molecule has 0 saturated carbocycles. The quantitative estimate of drug-likeness (QED) is 0.601. The average Bonchev–Trinajstić information content (AvgIpc) is 3.10. The van der Waals surface area contributed by atoms with Gasteiger partial charge in [-0.2, -0.15) is 5.10 Å². The Hall–Kier alpha value is -2.88. The van der Waals surface area contributed by atoms with Crippen molar-refractivity contribution in [1.82, 2.24) is 9.78 Å². The Morgan fingerprint density at radius 3 is 2.56 bits per heavy atom. The molecule has 0 atom stereocenters. The molecule has 0 aliphatic heterocycles. The molecule has 4 nitrogen and oxygen atoms in total. The van der Waals surface area contributed by atoms with E-state index < -0.39 is 0 Å². The lowest BCUT2D eigenvalue weighted by atomic mass is 10.0. The van der Waals surface area contributed by atoms with Gasteiger partial charge < -0.3 is 4.74 Å². The number of nitrogens with zero attached hydrogens (tertiary/aromatic N) is 2. The number of rotatable bonds is 6. The molecular formula is C21H22N2O2. The number of hydrogen-bond acceptors (Lipinski definition) is 3. The van der Waals surface area contributed by atoms with E-state index >= 15 is 0 Å². The zero-order valence-corrected chi connectivity index (χ0v) is 14.8. The fourth-order valence-corrected chi connectivity index (χ4v) is 2.75. The van der Waals surface area contributed by atoms with Gasteiger partial charge in [-0.05, 0) is 50.6 Å². The van der Waals surface area contributed by atoms with Crippen molar-refractivity contribution in [3.05, 3.63) is 71.9 Å². The van der Waals surface area contributed by atoms with Crippen LogP contribution in [0, 0.1) is 0 Å². The van der Waals surface area contributed by atoms with E-state index in [2.05, 4.69) is 18.9 Å². The number of carbonyl (C=O) groups is 1. The molecular weight excluding hydrogens is 312 g/mol. The molecule has 0 bridgehead atoms. The fourth-order valence-electron chi connectivity index (χ4n) is 2.75. The zero-order valence-electron chi connectivity index (χ0n) is 14.8. The van der Waals surface area contributed by atoms with Crippen molar-refractivity contribution < 1.29 is 9.53 Å². The van der Waals surface area contributed by atoms with Gasteiger partial charge in [0.15, 0.2) is 5.78 Å². The third-order valence-electron chi connectivity index (χ3n) is 4.06. The Balaban J connectivity index is 1.99. The van der Waals surface area contributed by atoms with Crippen LogP contribution in [0.1, 0.15) is 42.7 Å². The highest BCUT2D eigenvalue weighted by molar-refractivity contribution is 5.95. The summed E-state index contributed by atoms with van der Waals surface area (Å²) in [4.78, 5) is 11.8. The second-order valence-corrected chi connectivity index (χ2v) is 6.30. The minimum Gasteiger partial charge on any atom is -0.488 e. The SMILES string of the molecule is CC(=O)c1ccc(OCc2ccccc2)c(-c2ccnn2C(C)C)c1. The van der Waals surface area contributed by atoms with Gasteiger partial charge in [-0.3, -0.25) is 9.48 Å². The van der Waals surface area contributed by atoms with Gasteiger partial charge in [0, 0.05) is 23.4 Å². The van der Waals surface area contributed by atoms with E-state index in [-0.39, 0.29) is 11.8 Å². The van der Waals surface area contributed by atoms with E-state index in [4.69, 9.17) is 4.74 Å². The number of ketones is 1. The van der Waals surface area contributed by atoms with Gasteiger partial charge in [0.1, 0.15) is 12.4 Å². The molecule has 0 unspecified atom stereocenters. The number of benzene rings is 2. The molecule has 3 rings (SSSR count). The molecule has 0 aliphatic carbocycles. The number of Topliss-reactive ketones (excluding diaryl/α,β-unsaturated/α-hetero) is 1. The maximum absolute atomic E-state index is 11.8. The number of hydrogen-bond donors (Lipinski definition) is 0. The minimum atomic E-state index is 0.0338. The van der Waals surface area contributed by atoms with Gasteiger partial charge in [-0.25, -0.2) is 0 Å². The standard InChI is InChI=1S/C21H22N2O2/c1-15(2)23-20(11-12-22-23)19-13-18(16(3)24)9-10-21(19)25-14-17-7-5-4-6-8-17/h4-13,15H,14H2,1-3H3. The molecule has 2 aromatic carbocycles. The first-order valence-corrected chi connectivity index (χ1v) is 8.42. The van der Waals surface area contributed by atoms with Gasteiger partial charge in [0.25, 0.3) is 0 Å². The lowest BCUT2D eigenvalue weighted by Crippen LogP contribution is -2.06. The van der Waals surface area contributed by atoms with Crippen LogP contribution in [0.4, 0.5) is 0 Å². The van der Waals surface area contributed by atoms with Crippen LogP contribution in [0.2, 0.25) is 0 Å². The third kappa shape index (κ3) is 3.79. The third-order valence-corrected chi connectivity index (χ3v) is 4.06. The summed E-state index contributed by atoms with van der Waals surface area (Å²) in [5, 5.41) is 4.40. The summed E-state index contributed by atoms with van der Waals surface area (Å²) in [6.07, 6.45) is 1.77. The van der Waals surface area contributed by atoms with E-state index in [1.807, 2.05) is 59.3 Å². The largest absolute Gasteiger partial charge is 0.488 e. The van der Waals surface area contributed by atoms with Gasteiger partial charge in [-0.15, -0.1) is 0 Å². The summed E-state index contributed by atoms with van der Waals surface area (Å²) >= 11 is 0. The van der Waals surface area contributed by atoms with Gasteiger partial charge >= 0.3 is 0 Å². The molecule has 0 saturated heterocycles. The van der Waals surface area contributed by atoms with Crippen LogP contribution < -0.4 is 4.74 Å². The first kappa shape index (κ1) is 17.0. The van der Waals surface area contributed by atoms with Gasteiger partial charge in [-0.1, -0.05) is 30.3 Å². The van der Waals surface area contributed by atoms with E-state index in [1.54, 1.807) is 13.1 Å². The molecule has 0 aliphatic rings. The number of carbonyl (C=O) groups excluding carboxylic acids is 1. The molecule has 0 spiro atoms. The molecule has 4 heteroatoms. The summed E-state index contributed by atoms with van der Waals surface area (Å²) in [5.74, 6) is 0.780. The van der Waals surface area contributed by atoms with Crippen LogP contribution in [0.25, 0.3) is 11.3 Å². The Bertz CT molecular complexity index is 867. The summed E-state index contributed by atoms with van der Waals surface area (Å²) < 4.78 is 8.00. The van der Waals surface area contributed by atoms with Crippen LogP contribution in [0.3, 0.4) is 0 Å². The van der Waals surface area contributed by atoms with E-state index in [9.17, 15) is 4.79 Å². The molecule has 128 valence electrons. The Labute approximate surface area is 148 Å². The maximum atomic E-state index is 11.8. The van der Waals surface area contributed by atoms with Crippen molar-refractivity contribution in [2.75, 3.05) is 0 Å². The summed E-state index contributed by atoms with van der Waals surface area (Å²) in [5.41, 5.74) is 3.59. The highest BCUT2D eigenvalue weighted by Gasteiger charge is 2.15. The van der Waals surface area contributed by atoms with Crippen molar-refractivity contribution in [2.45, 2.75) is 33.4 Å². The van der Waals surface area contributed by atoms with Crippen LogP contribution in [0.5, 0.6) is 5.75 Å². The van der Waals surface area contributed by atoms with Gasteiger partial charge in [0.2, 0.25) is 0 Å². The van der Waals surface area contributed by atoms with E-state index in [0.717, 1.165) is 22.6 Å². The monoisotopic (exact) mass is 334 g/mol. The Morgan fingerprint density at radius 2 is 1.88 bits per heavy atom. The molecule has 25 heavy (non-hydrogen) atoms. The summed E-state index contributed by atoms with van der Waals surface area (Å²) in [6.45, 7) is 6.21. The molecule has 0 N–H and O–H groups in total. The second-order valence-electron chi connectivity index (χ2n) is 6.30. The molecule has 0 amide bonds. The number of aromatic nitrogens is 2. The summed E-state index contributed by atoms with van der Waals surface area (Å²) in [7, 11) is 0. The number of ether oxygens (including phenoxy) is 1. The van der Waals surface area contributed by atoms with E-state index in [1.165, 1.54) is 0 Å². The predicted octanol–water partition coefficient (Wildman–Crippen LogP) is 4.91. The zero-order chi connectivity index (χ0) is 17.8. The maximum Gasteiger partial charge on any atom is 0.159 e. The van der Waals surface area contributed by atoms with Crippen molar-refractivity contribution in [3.8, 4) is 17.0 Å². The predicted molar refractivity (Wildman–Crippen MR) is 98.8 cm³/mol. The smallest absolute Gasteiger partial charge is 0.159 e. The Morgan fingerprint density at radius 1 is 1.12 bits per heavy atom. The van der Waals surface area contributed by atoms with Crippen molar-refractivity contribution >= 4 is 5.78 Å². The lowest BCUT2D eigenvalue weighted by Gasteiger charge is -2.16.